The quantitative estimate of drug-likeness (QED) is 0.256. The van der Waals surface area contributed by atoms with Crippen LogP contribution in [0, 0.1) is 5.41 Å². The molecular formula is C3H7N3O2. The van der Waals surface area contributed by atoms with Crippen molar-refractivity contribution < 1.29 is 9.90 Å². The zero-order valence-electron chi connectivity index (χ0n) is 4.09. The Hall–Kier alpha value is -1.10. The van der Waals surface area contributed by atoms with Crippen molar-refractivity contribution in [1.29, 1.82) is 5.41 Å². The minimum absolute atomic E-state index is 0.530. The summed E-state index contributed by atoms with van der Waals surface area (Å²) in [6, 6.07) is -1.35. The zero-order valence-corrected chi connectivity index (χ0v) is 4.09. The van der Waals surface area contributed by atoms with E-state index in [0.717, 1.165) is 0 Å². The van der Waals surface area contributed by atoms with Crippen molar-refractivity contribution in [3.8, 4) is 0 Å². The number of carboxylic acids is 1. The van der Waals surface area contributed by atoms with Gasteiger partial charge in [-0.2, -0.15) is 0 Å². The highest BCUT2D eigenvalue weighted by molar-refractivity contribution is 6.01. The van der Waals surface area contributed by atoms with Gasteiger partial charge in [-0.25, -0.2) is 0 Å². The predicted octanol–water partition coefficient (Wildman–Crippen LogP) is -1.67. The third-order valence-electron chi connectivity index (χ3n) is 0.601. The van der Waals surface area contributed by atoms with Gasteiger partial charge in [0.1, 0.15) is 5.84 Å². The van der Waals surface area contributed by atoms with Gasteiger partial charge in [-0.1, -0.05) is 0 Å². The first-order valence-electron chi connectivity index (χ1n) is 1.88. The summed E-state index contributed by atoms with van der Waals surface area (Å²) in [5.74, 6) is -1.81. The first-order valence-corrected chi connectivity index (χ1v) is 1.88. The van der Waals surface area contributed by atoms with Crippen molar-refractivity contribution in [2.75, 3.05) is 0 Å². The van der Waals surface area contributed by atoms with Gasteiger partial charge in [0, 0.05) is 0 Å². The molecule has 0 rings (SSSR count). The number of nitrogens with two attached hydrogens (primary N) is 2. The molecule has 1 unspecified atom stereocenters. The van der Waals surface area contributed by atoms with E-state index in [0.29, 0.717) is 0 Å². The summed E-state index contributed by atoms with van der Waals surface area (Å²) in [5.41, 5.74) is 9.52. The molecule has 1 atom stereocenters. The molecule has 0 bridgehead atoms. The van der Waals surface area contributed by atoms with Gasteiger partial charge in [0.15, 0.2) is 6.04 Å². The fourth-order valence-electron chi connectivity index (χ4n) is 0.133. The van der Waals surface area contributed by atoms with Crippen molar-refractivity contribution in [1.82, 2.24) is 0 Å². The van der Waals surface area contributed by atoms with Gasteiger partial charge in [-0.15, -0.1) is 0 Å². The van der Waals surface area contributed by atoms with Crippen molar-refractivity contribution in [3.63, 3.8) is 0 Å². The molecule has 8 heavy (non-hydrogen) atoms. The summed E-state index contributed by atoms with van der Waals surface area (Å²) in [5, 5.41) is 14.5. The predicted molar refractivity (Wildman–Crippen MR) is 27.5 cm³/mol. The molecule has 0 radical (unpaired) electrons. The van der Waals surface area contributed by atoms with E-state index in [1.165, 1.54) is 0 Å². The number of rotatable bonds is 2. The maximum absolute atomic E-state index is 9.79. The second-order valence-corrected chi connectivity index (χ2v) is 1.27. The monoisotopic (exact) mass is 117 g/mol. The standard InChI is InChI=1S/C3H7N3O2/c4-1(2(5)6)3(7)8/h1H,4H2,(H3,5,6)(H,7,8). The number of nitrogens with one attached hydrogen (secondary N) is 1. The Morgan fingerprint density at radius 1 is 1.75 bits per heavy atom. The van der Waals surface area contributed by atoms with Crippen LogP contribution in [-0.2, 0) is 4.79 Å². The topological polar surface area (TPSA) is 113 Å². The molecule has 0 saturated carbocycles. The maximum atomic E-state index is 9.79. The fraction of sp³-hybridized carbons (Fsp3) is 0.333. The van der Waals surface area contributed by atoms with E-state index in [2.05, 4.69) is 0 Å². The van der Waals surface area contributed by atoms with Gasteiger partial charge in [0.05, 0.1) is 0 Å². The summed E-state index contributed by atoms with van der Waals surface area (Å²) >= 11 is 0. The van der Waals surface area contributed by atoms with Gasteiger partial charge >= 0.3 is 5.97 Å². The Balaban J connectivity index is 3.83. The van der Waals surface area contributed by atoms with Crippen LogP contribution < -0.4 is 11.5 Å². The van der Waals surface area contributed by atoms with Crippen LogP contribution in [0.1, 0.15) is 0 Å². The lowest BCUT2D eigenvalue weighted by Crippen LogP contribution is -2.42. The Morgan fingerprint density at radius 3 is 2.12 bits per heavy atom. The second kappa shape index (κ2) is 2.27. The van der Waals surface area contributed by atoms with E-state index in [1.54, 1.807) is 0 Å². The SMILES string of the molecule is N=C(N)C(N)C(=O)O. The number of hydrogen-bond acceptors (Lipinski definition) is 3. The summed E-state index contributed by atoms with van der Waals surface area (Å²) in [4.78, 5) is 9.79. The Morgan fingerprint density at radius 2 is 2.12 bits per heavy atom. The number of hydrogen-bond donors (Lipinski definition) is 4. The van der Waals surface area contributed by atoms with E-state index in [1.807, 2.05) is 0 Å². The van der Waals surface area contributed by atoms with Gasteiger partial charge in [0.25, 0.3) is 0 Å². The molecule has 0 aromatic heterocycles. The van der Waals surface area contributed by atoms with Crippen molar-refractivity contribution in [3.05, 3.63) is 0 Å². The van der Waals surface area contributed by atoms with Crippen LogP contribution in [0.25, 0.3) is 0 Å². The lowest BCUT2D eigenvalue weighted by atomic mass is 10.3. The molecule has 6 N–H and O–H groups in total. The summed E-state index contributed by atoms with van der Waals surface area (Å²) < 4.78 is 0. The first-order chi connectivity index (χ1) is 3.55. The van der Waals surface area contributed by atoms with Crippen LogP contribution in [0.5, 0.6) is 0 Å². The summed E-state index contributed by atoms with van der Waals surface area (Å²) in [6.07, 6.45) is 0. The highest BCUT2D eigenvalue weighted by Crippen LogP contribution is 1.72. The normalized spacial score (nSPS) is 12.6. The Labute approximate surface area is 45.8 Å². The number of carboxylic acid groups (broad SMARTS) is 1. The lowest BCUT2D eigenvalue weighted by molar-refractivity contribution is -0.136. The van der Waals surface area contributed by atoms with E-state index in [9.17, 15) is 4.79 Å². The first kappa shape index (κ1) is 6.90. The maximum Gasteiger partial charge on any atom is 0.328 e. The molecule has 5 nitrogen and oxygen atoms in total. The van der Waals surface area contributed by atoms with Gasteiger partial charge in [-0.05, 0) is 0 Å². The number of amidine groups is 1. The molecule has 0 aliphatic heterocycles. The van der Waals surface area contributed by atoms with Crippen molar-refractivity contribution >= 4 is 11.8 Å². The molecule has 0 aliphatic rings. The molecule has 0 aromatic rings. The van der Waals surface area contributed by atoms with Crippen molar-refractivity contribution in [2.45, 2.75) is 6.04 Å². The lowest BCUT2D eigenvalue weighted by Gasteiger charge is -1.99. The highest BCUT2D eigenvalue weighted by atomic mass is 16.4. The fourth-order valence-corrected chi connectivity index (χ4v) is 0.133. The van der Waals surface area contributed by atoms with Gasteiger partial charge < -0.3 is 16.6 Å². The largest absolute Gasteiger partial charge is 0.480 e. The third kappa shape index (κ3) is 1.57. The smallest absolute Gasteiger partial charge is 0.328 e. The van der Waals surface area contributed by atoms with Gasteiger partial charge in [0.2, 0.25) is 0 Å². The van der Waals surface area contributed by atoms with Crippen LogP contribution in [0.15, 0.2) is 0 Å². The molecular weight excluding hydrogens is 110 g/mol. The molecule has 0 aliphatic carbocycles. The average Bonchev–Trinajstić information content (AvgIpc) is 1.64. The molecule has 5 heteroatoms. The van der Waals surface area contributed by atoms with Crippen LogP contribution >= 0.6 is 0 Å². The molecule has 0 saturated heterocycles. The van der Waals surface area contributed by atoms with Crippen LogP contribution in [0.3, 0.4) is 0 Å². The third-order valence-corrected chi connectivity index (χ3v) is 0.601. The van der Waals surface area contributed by atoms with E-state index < -0.39 is 17.8 Å². The molecule has 0 spiro atoms. The highest BCUT2D eigenvalue weighted by Gasteiger charge is 2.12. The van der Waals surface area contributed by atoms with Crippen LogP contribution in [-0.4, -0.2) is 23.0 Å². The van der Waals surface area contributed by atoms with Crippen LogP contribution in [0.4, 0.5) is 0 Å². The Kier molecular flexibility index (Phi) is 1.96. The summed E-state index contributed by atoms with van der Waals surface area (Å²) in [6.45, 7) is 0. The number of aliphatic carboxylic acids is 1. The zero-order chi connectivity index (χ0) is 6.73. The summed E-state index contributed by atoms with van der Waals surface area (Å²) in [7, 11) is 0. The van der Waals surface area contributed by atoms with E-state index in [4.69, 9.17) is 22.0 Å². The molecule has 0 amide bonds. The van der Waals surface area contributed by atoms with E-state index >= 15 is 0 Å². The number of carbonyl (C=O) groups is 1. The molecule has 0 heterocycles. The second-order valence-electron chi connectivity index (χ2n) is 1.27. The molecule has 0 aromatic carbocycles. The minimum atomic E-state index is -1.35. The van der Waals surface area contributed by atoms with Gasteiger partial charge in [-0.3, -0.25) is 10.2 Å². The Bertz CT molecular complexity index is 108. The van der Waals surface area contributed by atoms with E-state index in [-0.39, 0.29) is 0 Å². The average molecular weight is 117 g/mol. The van der Waals surface area contributed by atoms with Crippen LogP contribution in [0.2, 0.25) is 0 Å². The molecule has 0 fully saturated rings. The van der Waals surface area contributed by atoms with Crippen molar-refractivity contribution in [2.24, 2.45) is 11.5 Å². The minimum Gasteiger partial charge on any atom is -0.480 e. The molecule has 46 valence electrons.